The summed E-state index contributed by atoms with van der Waals surface area (Å²) in [5, 5.41) is 0. The molecular formula is C14H18F3NO2. The molecule has 112 valence electrons. The van der Waals surface area contributed by atoms with Gasteiger partial charge >= 0.3 is 6.36 Å². The lowest BCUT2D eigenvalue weighted by Crippen LogP contribution is -2.36. The Morgan fingerprint density at radius 3 is 2.50 bits per heavy atom. The van der Waals surface area contributed by atoms with Gasteiger partial charge in [-0.2, -0.15) is 0 Å². The Hall–Kier alpha value is -1.27. The second-order valence-corrected chi connectivity index (χ2v) is 5.09. The molecule has 0 amide bonds. The van der Waals surface area contributed by atoms with Gasteiger partial charge in [-0.25, -0.2) is 0 Å². The average molecular weight is 289 g/mol. The molecule has 0 radical (unpaired) electrons. The van der Waals surface area contributed by atoms with E-state index >= 15 is 0 Å². The molecule has 0 bridgehead atoms. The topological polar surface area (TPSA) is 44.5 Å². The van der Waals surface area contributed by atoms with Crippen LogP contribution in [0, 0.1) is 5.92 Å². The highest BCUT2D eigenvalue weighted by atomic mass is 19.4. The Morgan fingerprint density at radius 1 is 1.35 bits per heavy atom. The minimum absolute atomic E-state index is 0.0538. The molecule has 0 saturated carbocycles. The van der Waals surface area contributed by atoms with Gasteiger partial charge in [-0.15, -0.1) is 13.2 Å². The molecule has 20 heavy (non-hydrogen) atoms. The summed E-state index contributed by atoms with van der Waals surface area (Å²) in [6.45, 7) is 2.72. The number of hydrogen-bond acceptors (Lipinski definition) is 3. The van der Waals surface area contributed by atoms with Crippen LogP contribution in [0.25, 0.3) is 0 Å². The van der Waals surface area contributed by atoms with Crippen LogP contribution in [0.3, 0.4) is 0 Å². The third kappa shape index (κ3) is 4.11. The maximum Gasteiger partial charge on any atom is 0.573 e. The van der Waals surface area contributed by atoms with Crippen LogP contribution in [0.1, 0.15) is 18.9 Å². The first-order valence-electron chi connectivity index (χ1n) is 6.57. The number of nitrogens with two attached hydrogens (primary N) is 1. The Kier molecular flexibility index (Phi) is 4.55. The minimum Gasteiger partial charge on any atom is -0.406 e. The Morgan fingerprint density at radius 2 is 2.00 bits per heavy atom. The molecular weight excluding hydrogens is 271 g/mol. The zero-order valence-corrected chi connectivity index (χ0v) is 11.2. The highest BCUT2D eigenvalue weighted by Gasteiger charge is 2.31. The molecule has 1 heterocycles. The van der Waals surface area contributed by atoms with Crippen molar-refractivity contribution in [1.29, 1.82) is 0 Å². The third-order valence-corrected chi connectivity index (χ3v) is 3.61. The Labute approximate surface area is 115 Å². The van der Waals surface area contributed by atoms with Gasteiger partial charge < -0.3 is 15.2 Å². The lowest BCUT2D eigenvalue weighted by molar-refractivity contribution is -0.274. The van der Waals surface area contributed by atoms with Crippen LogP contribution in [-0.2, 0) is 11.2 Å². The Balaban J connectivity index is 1.93. The lowest BCUT2D eigenvalue weighted by atomic mass is 9.89. The molecule has 2 rings (SSSR count). The maximum atomic E-state index is 12.0. The molecule has 0 aliphatic carbocycles. The van der Waals surface area contributed by atoms with Crippen molar-refractivity contribution in [2.75, 3.05) is 6.61 Å². The van der Waals surface area contributed by atoms with E-state index < -0.39 is 6.36 Å². The summed E-state index contributed by atoms with van der Waals surface area (Å²) >= 11 is 0. The van der Waals surface area contributed by atoms with Crippen molar-refractivity contribution in [1.82, 2.24) is 0 Å². The van der Waals surface area contributed by atoms with Crippen molar-refractivity contribution in [2.45, 2.75) is 38.3 Å². The largest absolute Gasteiger partial charge is 0.573 e. The molecule has 3 atom stereocenters. The second kappa shape index (κ2) is 6.01. The molecule has 1 aliphatic heterocycles. The monoisotopic (exact) mass is 289 g/mol. The van der Waals surface area contributed by atoms with Crippen LogP contribution < -0.4 is 10.5 Å². The molecule has 3 unspecified atom stereocenters. The SMILES string of the molecule is CC1OCCC1C(N)Cc1ccc(OC(F)(F)F)cc1. The van der Waals surface area contributed by atoms with Gasteiger partial charge in [0.25, 0.3) is 0 Å². The second-order valence-electron chi connectivity index (χ2n) is 5.09. The zero-order valence-electron chi connectivity index (χ0n) is 11.2. The molecule has 1 fully saturated rings. The van der Waals surface area contributed by atoms with Gasteiger partial charge in [-0.1, -0.05) is 12.1 Å². The highest BCUT2D eigenvalue weighted by molar-refractivity contribution is 5.28. The van der Waals surface area contributed by atoms with Crippen LogP contribution in [0.2, 0.25) is 0 Å². The number of benzene rings is 1. The summed E-state index contributed by atoms with van der Waals surface area (Å²) in [6.07, 6.45) is -2.98. The molecule has 6 heteroatoms. The van der Waals surface area contributed by atoms with E-state index in [4.69, 9.17) is 10.5 Å². The summed E-state index contributed by atoms with van der Waals surface area (Å²) in [4.78, 5) is 0. The smallest absolute Gasteiger partial charge is 0.406 e. The molecule has 1 saturated heterocycles. The molecule has 1 aliphatic rings. The van der Waals surface area contributed by atoms with Gasteiger partial charge in [0, 0.05) is 18.6 Å². The van der Waals surface area contributed by atoms with E-state index in [0.717, 1.165) is 18.6 Å². The predicted octanol–water partition coefficient (Wildman–Crippen LogP) is 2.88. The summed E-state index contributed by atoms with van der Waals surface area (Å²) in [7, 11) is 0. The first-order chi connectivity index (χ1) is 9.35. The van der Waals surface area contributed by atoms with Crippen LogP contribution in [-0.4, -0.2) is 25.1 Å². The van der Waals surface area contributed by atoms with Gasteiger partial charge in [0.15, 0.2) is 0 Å². The van der Waals surface area contributed by atoms with Crippen molar-refractivity contribution >= 4 is 0 Å². The molecule has 1 aromatic carbocycles. The normalized spacial score (nSPS) is 24.6. The number of alkyl halides is 3. The highest BCUT2D eigenvalue weighted by Crippen LogP contribution is 2.26. The van der Waals surface area contributed by atoms with Gasteiger partial charge in [-0.05, 0) is 37.5 Å². The van der Waals surface area contributed by atoms with E-state index in [1.807, 2.05) is 6.92 Å². The Bertz CT molecular complexity index is 433. The van der Waals surface area contributed by atoms with Crippen molar-refractivity contribution < 1.29 is 22.6 Å². The fourth-order valence-electron chi connectivity index (χ4n) is 2.56. The van der Waals surface area contributed by atoms with E-state index in [-0.39, 0.29) is 17.9 Å². The van der Waals surface area contributed by atoms with Crippen LogP contribution >= 0.6 is 0 Å². The van der Waals surface area contributed by atoms with E-state index in [1.54, 1.807) is 12.1 Å². The van der Waals surface area contributed by atoms with E-state index in [2.05, 4.69) is 4.74 Å². The van der Waals surface area contributed by atoms with Gasteiger partial charge in [0.2, 0.25) is 0 Å². The standard InChI is InChI=1S/C14H18F3NO2/c1-9-12(6-7-19-9)13(18)8-10-2-4-11(5-3-10)20-14(15,16)17/h2-5,9,12-13H,6-8,18H2,1H3. The summed E-state index contributed by atoms with van der Waals surface area (Å²) in [5.41, 5.74) is 7.04. The van der Waals surface area contributed by atoms with Gasteiger partial charge in [0.1, 0.15) is 5.75 Å². The predicted molar refractivity (Wildman–Crippen MR) is 68.3 cm³/mol. The van der Waals surface area contributed by atoms with Crippen molar-refractivity contribution in [3.8, 4) is 5.75 Å². The van der Waals surface area contributed by atoms with E-state index in [1.165, 1.54) is 12.1 Å². The van der Waals surface area contributed by atoms with Crippen molar-refractivity contribution in [2.24, 2.45) is 11.7 Å². The number of halogens is 3. The van der Waals surface area contributed by atoms with Crippen molar-refractivity contribution in [3.63, 3.8) is 0 Å². The van der Waals surface area contributed by atoms with Crippen LogP contribution in [0.4, 0.5) is 13.2 Å². The first kappa shape index (κ1) is 15.1. The summed E-state index contributed by atoms with van der Waals surface area (Å²) in [5.74, 6) is 0.0773. The first-order valence-corrected chi connectivity index (χ1v) is 6.57. The van der Waals surface area contributed by atoms with Gasteiger partial charge in [-0.3, -0.25) is 0 Å². The summed E-state index contributed by atoms with van der Waals surface area (Å²) < 4.78 is 45.4. The van der Waals surface area contributed by atoms with Crippen LogP contribution in [0.15, 0.2) is 24.3 Å². The molecule has 3 nitrogen and oxygen atoms in total. The third-order valence-electron chi connectivity index (χ3n) is 3.61. The van der Waals surface area contributed by atoms with E-state index in [9.17, 15) is 13.2 Å². The fraction of sp³-hybridized carbons (Fsp3) is 0.571. The quantitative estimate of drug-likeness (QED) is 0.927. The number of hydrogen-bond donors (Lipinski definition) is 1. The van der Waals surface area contributed by atoms with Crippen LogP contribution in [0.5, 0.6) is 5.75 Å². The zero-order chi connectivity index (χ0) is 14.8. The van der Waals surface area contributed by atoms with Gasteiger partial charge in [0.05, 0.1) is 6.10 Å². The maximum absolute atomic E-state index is 12.0. The lowest BCUT2D eigenvalue weighted by Gasteiger charge is -2.22. The average Bonchev–Trinajstić information content (AvgIpc) is 2.76. The molecule has 1 aromatic rings. The molecule has 0 spiro atoms. The molecule has 2 N–H and O–H groups in total. The van der Waals surface area contributed by atoms with E-state index in [0.29, 0.717) is 12.3 Å². The number of ether oxygens (including phenoxy) is 2. The summed E-state index contributed by atoms with van der Waals surface area (Å²) in [6, 6.07) is 5.79. The minimum atomic E-state index is -4.66. The van der Waals surface area contributed by atoms with Crippen molar-refractivity contribution in [3.05, 3.63) is 29.8 Å². The number of rotatable bonds is 4. The molecule has 0 aromatic heterocycles. The fourth-order valence-corrected chi connectivity index (χ4v) is 2.56.